The molecular weight excluding hydrogens is 348 g/mol. The standard InChI is InChI=1S/C12H15BrN2O4S/c13-10-3-9(4-11(5-10)20(14,17)18)12(16)15-6-8-1-2-19-7-8/h3-5,8H,1-2,6-7H2,(H,15,16)(H2,14,17,18). The monoisotopic (exact) mass is 362 g/mol. The van der Waals surface area contributed by atoms with Crippen LogP contribution in [0.5, 0.6) is 0 Å². The van der Waals surface area contributed by atoms with E-state index in [0.29, 0.717) is 30.1 Å². The first-order valence-corrected chi connectivity index (χ1v) is 8.39. The lowest BCUT2D eigenvalue weighted by Crippen LogP contribution is -2.29. The highest BCUT2D eigenvalue weighted by Crippen LogP contribution is 2.19. The van der Waals surface area contributed by atoms with Crippen molar-refractivity contribution in [2.24, 2.45) is 11.1 Å². The minimum absolute atomic E-state index is 0.0961. The van der Waals surface area contributed by atoms with Crippen LogP contribution in [0.4, 0.5) is 0 Å². The summed E-state index contributed by atoms with van der Waals surface area (Å²) in [4.78, 5) is 11.9. The molecule has 8 heteroatoms. The molecule has 20 heavy (non-hydrogen) atoms. The highest BCUT2D eigenvalue weighted by atomic mass is 79.9. The molecule has 6 nitrogen and oxygen atoms in total. The second-order valence-electron chi connectivity index (χ2n) is 4.66. The molecule has 1 heterocycles. The zero-order chi connectivity index (χ0) is 14.8. The minimum Gasteiger partial charge on any atom is -0.381 e. The number of carbonyl (C=O) groups is 1. The lowest BCUT2D eigenvalue weighted by Gasteiger charge is -2.10. The summed E-state index contributed by atoms with van der Waals surface area (Å²) in [5.41, 5.74) is 0.252. The number of benzene rings is 1. The van der Waals surface area contributed by atoms with Gasteiger partial charge in [0.15, 0.2) is 0 Å². The number of nitrogens with one attached hydrogen (secondary N) is 1. The zero-order valence-electron chi connectivity index (χ0n) is 10.6. The van der Waals surface area contributed by atoms with Crippen LogP contribution in [0.1, 0.15) is 16.8 Å². The molecule has 1 saturated heterocycles. The maximum absolute atomic E-state index is 12.0. The number of primary sulfonamides is 1. The number of carbonyl (C=O) groups excluding carboxylic acids is 1. The molecule has 2 rings (SSSR count). The second-order valence-corrected chi connectivity index (χ2v) is 7.14. The first-order valence-electron chi connectivity index (χ1n) is 6.05. The van der Waals surface area contributed by atoms with Gasteiger partial charge in [-0.3, -0.25) is 4.79 Å². The van der Waals surface area contributed by atoms with E-state index in [9.17, 15) is 13.2 Å². The van der Waals surface area contributed by atoms with Crippen molar-refractivity contribution < 1.29 is 17.9 Å². The summed E-state index contributed by atoms with van der Waals surface area (Å²) in [6, 6.07) is 4.17. The van der Waals surface area contributed by atoms with E-state index in [2.05, 4.69) is 21.2 Å². The molecule has 1 unspecified atom stereocenters. The van der Waals surface area contributed by atoms with E-state index < -0.39 is 10.0 Å². The van der Waals surface area contributed by atoms with Gasteiger partial charge in [-0.25, -0.2) is 13.6 Å². The molecule has 0 spiro atoms. The van der Waals surface area contributed by atoms with Gasteiger partial charge in [-0.05, 0) is 24.6 Å². The van der Waals surface area contributed by atoms with Crippen LogP contribution in [0.3, 0.4) is 0 Å². The molecule has 0 aliphatic carbocycles. The number of amides is 1. The van der Waals surface area contributed by atoms with Crippen LogP contribution in [0, 0.1) is 5.92 Å². The molecule has 3 N–H and O–H groups in total. The fourth-order valence-corrected chi connectivity index (χ4v) is 3.17. The van der Waals surface area contributed by atoms with Crippen molar-refractivity contribution in [3.8, 4) is 0 Å². The highest BCUT2D eigenvalue weighted by Gasteiger charge is 2.18. The maximum atomic E-state index is 12.0. The molecule has 1 aliphatic heterocycles. The number of halogens is 1. The number of rotatable bonds is 4. The van der Waals surface area contributed by atoms with Crippen LogP contribution in [0.15, 0.2) is 27.6 Å². The molecule has 0 radical (unpaired) electrons. The Morgan fingerprint density at radius 3 is 2.80 bits per heavy atom. The summed E-state index contributed by atoms with van der Waals surface area (Å²) in [7, 11) is -3.84. The Morgan fingerprint density at radius 2 is 2.20 bits per heavy atom. The van der Waals surface area contributed by atoms with Gasteiger partial charge in [0, 0.05) is 29.1 Å². The lowest BCUT2D eigenvalue weighted by molar-refractivity contribution is 0.0944. The van der Waals surface area contributed by atoms with Crippen molar-refractivity contribution in [3.05, 3.63) is 28.2 Å². The Balaban J connectivity index is 2.11. The average Bonchev–Trinajstić information content (AvgIpc) is 2.87. The third-order valence-corrected chi connectivity index (χ3v) is 4.39. The van der Waals surface area contributed by atoms with Crippen LogP contribution in [0.25, 0.3) is 0 Å². The Bertz CT molecular complexity index is 612. The molecule has 0 bridgehead atoms. The largest absolute Gasteiger partial charge is 0.381 e. The normalized spacial score (nSPS) is 19.0. The summed E-state index contributed by atoms with van der Waals surface area (Å²) in [5, 5.41) is 7.84. The third kappa shape index (κ3) is 4.02. The van der Waals surface area contributed by atoms with E-state index in [4.69, 9.17) is 9.88 Å². The van der Waals surface area contributed by atoms with E-state index in [-0.39, 0.29) is 16.4 Å². The van der Waals surface area contributed by atoms with Crippen LogP contribution >= 0.6 is 15.9 Å². The number of hydrogen-bond acceptors (Lipinski definition) is 4. The highest BCUT2D eigenvalue weighted by molar-refractivity contribution is 9.10. The van der Waals surface area contributed by atoms with Crippen molar-refractivity contribution >= 4 is 31.9 Å². The van der Waals surface area contributed by atoms with Crippen molar-refractivity contribution in [1.29, 1.82) is 0 Å². The Hall–Kier alpha value is -0.960. The van der Waals surface area contributed by atoms with Crippen molar-refractivity contribution in [2.45, 2.75) is 11.3 Å². The van der Waals surface area contributed by atoms with Gasteiger partial charge in [0.1, 0.15) is 0 Å². The number of sulfonamides is 1. The fourth-order valence-electron chi connectivity index (χ4n) is 1.94. The molecule has 1 aromatic carbocycles. The summed E-state index contributed by atoms with van der Waals surface area (Å²) >= 11 is 3.17. The first-order chi connectivity index (χ1) is 9.36. The van der Waals surface area contributed by atoms with Crippen LogP contribution in [-0.2, 0) is 14.8 Å². The second kappa shape index (κ2) is 6.21. The molecule has 1 fully saturated rings. The zero-order valence-corrected chi connectivity index (χ0v) is 13.0. The van der Waals surface area contributed by atoms with E-state index in [1.807, 2.05) is 0 Å². The van der Waals surface area contributed by atoms with Gasteiger partial charge in [0.05, 0.1) is 11.5 Å². The van der Waals surface area contributed by atoms with Gasteiger partial charge in [-0.15, -0.1) is 0 Å². The Morgan fingerprint density at radius 1 is 1.45 bits per heavy atom. The predicted octanol–water partition coefficient (Wildman–Crippen LogP) is 0.863. The molecule has 0 aromatic heterocycles. The molecule has 1 aliphatic rings. The van der Waals surface area contributed by atoms with Crippen molar-refractivity contribution in [2.75, 3.05) is 19.8 Å². The average molecular weight is 363 g/mol. The number of ether oxygens (including phenoxy) is 1. The molecule has 1 aromatic rings. The molecule has 110 valence electrons. The number of hydrogen-bond donors (Lipinski definition) is 2. The topological polar surface area (TPSA) is 98.5 Å². The third-order valence-electron chi connectivity index (χ3n) is 3.04. The number of nitrogens with two attached hydrogens (primary N) is 1. The van der Waals surface area contributed by atoms with Crippen LogP contribution in [-0.4, -0.2) is 34.1 Å². The summed E-state index contributed by atoms with van der Waals surface area (Å²) in [5.74, 6) is -0.0214. The summed E-state index contributed by atoms with van der Waals surface area (Å²) in [6.45, 7) is 1.87. The van der Waals surface area contributed by atoms with Gasteiger partial charge >= 0.3 is 0 Å². The Labute approximate surface area is 125 Å². The van der Waals surface area contributed by atoms with Crippen molar-refractivity contribution in [1.82, 2.24) is 5.32 Å². The quantitative estimate of drug-likeness (QED) is 0.829. The fraction of sp³-hybridized carbons (Fsp3) is 0.417. The Kier molecular flexibility index (Phi) is 4.79. The SMILES string of the molecule is NS(=O)(=O)c1cc(Br)cc(C(=O)NCC2CCOC2)c1. The van der Waals surface area contributed by atoms with E-state index in [0.717, 1.165) is 6.42 Å². The lowest BCUT2D eigenvalue weighted by atomic mass is 10.1. The molecule has 1 atom stereocenters. The van der Waals surface area contributed by atoms with Gasteiger partial charge in [-0.1, -0.05) is 15.9 Å². The smallest absolute Gasteiger partial charge is 0.251 e. The predicted molar refractivity (Wildman–Crippen MR) is 76.8 cm³/mol. The van der Waals surface area contributed by atoms with Gasteiger partial charge in [0.25, 0.3) is 5.91 Å². The van der Waals surface area contributed by atoms with Gasteiger partial charge in [0.2, 0.25) is 10.0 Å². The van der Waals surface area contributed by atoms with E-state index in [1.165, 1.54) is 12.1 Å². The first kappa shape index (κ1) is 15.4. The summed E-state index contributed by atoms with van der Waals surface area (Å²) < 4.78 is 28.4. The summed E-state index contributed by atoms with van der Waals surface area (Å²) in [6.07, 6.45) is 0.918. The van der Waals surface area contributed by atoms with E-state index in [1.54, 1.807) is 6.07 Å². The molecule has 1 amide bonds. The van der Waals surface area contributed by atoms with E-state index >= 15 is 0 Å². The maximum Gasteiger partial charge on any atom is 0.251 e. The van der Waals surface area contributed by atoms with Crippen molar-refractivity contribution in [3.63, 3.8) is 0 Å². The van der Waals surface area contributed by atoms with Crippen LogP contribution in [0.2, 0.25) is 0 Å². The van der Waals surface area contributed by atoms with Gasteiger partial charge < -0.3 is 10.1 Å². The molecular formula is C12H15BrN2O4S. The van der Waals surface area contributed by atoms with Gasteiger partial charge in [-0.2, -0.15) is 0 Å². The van der Waals surface area contributed by atoms with Crippen LogP contribution < -0.4 is 10.5 Å². The molecule has 0 saturated carbocycles. The minimum atomic E-state index is -3.84.